The zero-order valence-corrected chi connectivity index (χ0v) is 11.7. The van der Waals surface area contributed by atoms with Crippen LogP contribution in [-0.2, 0) is 6.54 Å². The zero-order chi connectivity index (χ0) is 13.0. The highest BCUT2D eigenvalue weighted by Crippen LogP contribution is 2.26. The maximum Gasteiger partial charge on any atom is 0.131 e. The molecule has 0 radical (unpaired) electrons. The van der Waals surface area contributed by atoms with Crippen LogP contribution in [0.4, 0.5) is 5.82 Å². The van der Waals surface area contributed by atoms with Crippen molar-refractivity contribution in [2.24, 2.45) is 11.7 Å². The number of hydrogen-bond donors (Lipinski definition) is 1. The molecule has 100 valence electrons. The third-order valence-corrected chi connectivity index (χ3v) is 3.95. The van der Waals surface area contributed by atoms with E-state index in [4.69, 9.17) is 5.73 Å². The Morgan fingerprint density at radius 3 is 2.67 bits per heavy atom. The highest BCUT2D eigenvalue weighted by atomic mass is 15.2. The zero-order valence-electron chi connectivity index (χ0n) is 11.7. The van der Waals surface area contributed by atoms with Gasteiger partial charge in [0, 0.05) is 25.8 Å². The summed E-state index contributed by atoms with van der Waals surface area (Å²) in [6, 6.07) is 2.17. The van der Waals surface area contributed by atoms with E-state index in [1.807, 2.05) is 6.20 Å². The van der Waals surface area contributed by atoms with Gasteiger partial charge in [-0.05, 0) is 42.9 Å². The van der Waals surface area contributed by atoms with E-state index >= 15 is 0 Å². The first-order chi connectivity index (χ1) is 8.74. The van der Waals surface area contributed by atoms with Gasteiger partial charge in [-0.25, -0.2) is 4.98 Å². The number of hydrogen-bond acceptors (Lipinski definition) is 3. The average Bonchev–Trinajstić information content (AvgIpc) is 2.40. The minimum Gasteiger partial charge on any atom is -0.356 e. The van der Waals surface area contributed by atoms with Crippen LogP contribution in [-0.4, -0.2) is 18.1 Å². The topological polar surface area (TPSA) is 42.2 Å². The number of nitrogens with two attached hydrogens (primary N) is 1. The van der Waals surface area contributed by atoms with Crippen LogP contribution in [0.2, 0.25) is 0 Å². The van der Waals surface area contributed by atoms with Crippen molar-refractivity contribution in [2.45, 2.75) is 46.1 Å². The average molecular weight is 247 g/mol. The smallest absolute Gasteiger partial charge is 0.131 e. The monoisotopic (exact) mass is 247 g/mol. The molecule has 1 aliphatic heterocycles. The Morgan fingerprint density at radius 2 is 2.11 bits per heavy atom. The Labute approximate surface area is 110 Å². The van der Waals surface area contributed by atoms with Crippen LogP contribution in [0.5, 0.6) is 0 Å². The first kappa shape index (κ1) is 13.3. The van der Waals surface area contributed by atoms with Gasteiger partial charge >= 0.3 is 0 Å². The van der Waals surface area contributed by atoms with Crippen LogP contribution in [0.3, 0.4) is 0 Å². The van der Waals surface area contributed by atoms with E-state index in [0.29, 0.717) is 6.54 Å². The van der Waals surface area contributed by atoms with E-state index < -0.39 is 0 Å². The molecule has 18 heavy (non-hydrogen) atoms. The van der Waals surface area contributed by atoms with Crippen LogP contribution in [0.15, 0.2) is 12.3 Å². The first-order valence-corrected chi connectivity index (χ1v) is 7.15. The first-order valence-electron chi connectivity index (χ1n) is 7.15. The molecule has 0 atom stereocenters. The van der Waals surface area contributed by atoms with Crippen molar-refractivity contribution in [2.75, 3.05) is 18.0 Å². The molecule has 1 aliphatic rings. The predicted molar refractivity (Wildman–Crippen MR) is 76.7 cm³/mol. The molecule has 1 fully saturated rings. The standard InChI is InChI=1S/C15H25N3/c1-3-4-13-5-7-18(8-6-13)15-12(2)9-14(10-16)11-17-15/h9,11,13H,3-8,10,16H2,1-2H3. The van der Waals surface area contributed by atoms with Gasteiger partial charge in [0.1, 0.15) is 5.82 Å². The molecule has 0 bridgehead atoms. The lowest BCUT2D eigenvalue weighted by atomic mass is 9.92. The molecule has 2 heterocycles. The van der Waals surface area contributed by atoms with Crippen LogP contribution in [0.1, 0.15) is 43.7 Å². The molecular weight excluding hydrogens is 222 g/mol. The summed E-state index contributed by atoms with van der Waals surface area (Å²) in [5, 5.41) is 0. The predicted octanol–water partition coefficient (Wildman–Crippen LogP) is 2.87. The van der Waals surface area contributed by atoms with Crippen molar-refractivity contribution < 1.29 is 0 Å². The molecule has 1 saturated heterocycles. The molecule has 0 aliphatic carbocycles. The highest BCUT2D eigenvalue weighted by molar-refractivity contribution is 5.47. The Morgan fingerprint density at radius 1 is 1.39 bits per heavy atom. The molecule has 3 nitrogen and oxygen atoms in total. The summed E-state index contributed by atoms with van der Waals surface area (Å²) in [6.45, 7) is 7.30. The van der Waals surface area contributed by atoms with Gasteiger partial charge in [-0.2, -0.15) is 0 Å². The molecular formula is C15H25N3. The lowest BCUT2D eigenvalue weighted by Gasteiger charge is -2.33. The Hall–Kier alpha value is -1.09. The highest BCUT2D eigenvalue weighted by Gasteiger charge is 2.20. The second kappa shape index (κ2) is 6.19. The summed E-state index contributed by atoms with van der Waals surface area (Å²) in [6.07, 6.45) is 7.24. The molecule has 3 heteroatoms. The lowest BCUT2D eigenvalue weighted by molar-refractivity contribution is 0.377. The fourth-order valence-corrected chi connectivity index (χ4v) is 2.91. The normalized spacial score (nSPS) is 17.2. The number of rotatable bonds is 4. The second-order valence-corrected chi connectivity index (χ2v) is 5.41. The van der Waals surface area contributed by atoms with Crippen molar-refractivity contribution in [3.63, 3.8) is 0 Å². The minimum atomic E-state index is 0.576. The molecule has 2 N–H and O–H groups in total. The van der Waals surface area contributed by atoms with Crippen LogP contribution in [0, 0.1) is 12.8 Å². The fraction of sp³-hybridized carbons (Fsp3) is 0.667. The summed E-state index contributed by atoms with van der Waals surface area (Å²) in [7, 11) is 0. The van der Waals surface area contributed by atoms with E-state index in [9.17, 15) is 0 Å². The number of pyridine rings is 1. The summed E-state index contributed by atoms with van der Waals surface area (Å²) >= 11 is 0. The van der Waals surface area contributed by atoms with Gasteiger partial charge in [-0.15, -0.1) is 0 Å². The van der Waals surface area contributed by atoms with Gasteiger partial charge in [0.05, 0.1) is 0 Å². The van der Waals surface area contributed by atoms with Crippen molar-refractivity contribution in [1.29, 1.82) is 0 Å². The summed E-state index contributed by atoms with van der Waals surface area (Å²) in [5.74, 6) is 2.08. The van der Waals surface area contributed by atoms with E-state index in [2.05, 4.69) is 29.8 Å². The fourth-order valence-electron chi connectivity index (χ4n) is 2.91. The third kappa shape index (κ3) is 3.02. The maximum atomic E-state index is 5.65. The van der Waals surface area contributed by atoms with Crippen LogP contribution in [0.25, 0.3) is 0 Å². The van der Waals surface area contributed by atoms with Crippen molar-refractivity contribution in [3.05, 3.63) is 23.4 Å². The second-order valence-electron chi connectivity index (χ2n) is 5.41. The van der Waals surface area contributed by atoms with E-state index in [1.165, 1.54) is 31.2 Å². The van der Waals surface area contributed by atoms with Crippen LogP contribution < -0.4 is 10.6 Å². The van der Waals surface area contributed by atoms with Gasteiger partial charge in [0.15, 0.2) is 0 Å². The summed E-state index contributed by atoms with van der Waals surface area (Å²) in [4.78, 5) is 7.02. The van der Waals surface area contributed by atoms with Gasteiger partial charge < -0.3 is 10.6 Å². The molecule has 1 aromatic rings. The molecule has 0 unspecified atom stereocenters. The summed E-state index contributed by atoms with van der Waals surface area (Å²) in [5.41, 5.74) is 8.02. The number of anilines is 1. The Bertz CT molecular complexity index is 381. The summed E-state index contributed by atoms with van der Waals surface area (Å²) < 4.78 is 0. The van der Waals surface area contributed by atoms with Crippen molar-refractivity contribution >= 4 is 5.82 Å². The van der Waals surface area contributed by atoms with Gasteiger partial charge in [0.2, 0.25) is 0 Å². The maximum absolute atomic E-state index is 5.65. The van der Waals surface area contributed by atoms with Crippen LogP contribution >= 0.6 is 0 Å². The molecule has 1 aromatic heterocycles. The SMILES string of the molecule is CCCC1CCN(c2ncc(CN)cc2C)CC1. The van der Waals surface area contributed by atoms with Gasteiger partial charge in [-0.1, -0.05) is 19.8 Å². The Kier molecular flexibility index (Phi) is 4.59. The Balaban J connectivity index is 2.01. The lowest BCUT2D eigenvalue weighted by Crippen LogP contribution is -2.34. The molecule has 0 saturated carbocycles. The third-order valence-electron chi connectivity index (χ3n) is 3.95. The van der Waals surface area contributed by atoms with Crippen molar-refractivity contribution in [3.8, 4) is 0 Å². The number of nitrogens with zero attached hydrogens (tertiary/aromatic N) is 2. The van der Waals surface area contributed by atoms with Gasteiger partial charge in [0.25, 0.3) is 0 Å². The number of aryl methyl sites for hydroxylation is 1. The molecule has 2 rings (SSSR count). The van der Waals surface area contributed by atoms with E-state index in [0.717, 1.165) is 30.4 Å². The van der Waals surface area contributed by atoms with E-state index in [1.54, 1.807) is 0 Å². The minimum absolute atomic E-state index is 0.576. The quantitative estimate of drug-likeness (QED) is 0.889. The number of piperidine rings is 1. The molecule has 0 spiro atoms. The number of aromatic nitrogens is 1. The largest absolute Gasteiger partial charge is 0.356 e. The van der Waals surface area contributed by atoms with Gasteiger partial charge in [-0.3, -0.25) is 0 Å². The van der Waals surface area contributed by atoms with Crippen molar-refractivity contribution in [1.82, 2.24) is 4.98 Å². The molecule has 0 aromatic carbocycles. The molecule has 0 amide bonds. The van der Waals surface area contributed by atoms with E-state index in [-0.39, 0.29) is 0 Å².